The van der Waals surface area contributed by atoms with Gasteiger partial charge in [0.05, 0.1) is 7.11 Å². The summed E-state index contributed by atoms with van der Waals surface area (Å²) in [5.74, 6) is 2.01. The van der Waals surface area contributed by atoms with E-state index in [2.05, 4.69) is 30.7 Å². The topological polar surface area (TPSA) is 51.0 Å². The molecule has 3 aromatic carbocycles. The zero-order chi connectivity index (χ0) is 22.4. The van der Waals surface area contributed by atoms with Gasteiger partial charge in [0.25, 0.3) is 0 Å². The van der Waals surface area contributed by atoms with Crippen LogP contribution in [0.25, 0.3) is 0 Å². The lowest BCUT2D eigenvalue weighted by molar-refractivity contribution is 0.415. The van der Waals surface area contributed by atoms with Crippen molar-refractivity contribution in [2.75, 3.05) is 14.2 Å². The van der Waals surface area contributed by atoms with Gasteiger partial charge in [0.15, 0.2) is 0 Å². The van der Waals surface area contributed by atoms with Crippen LogP contribution >= 0.6 is 8.60 Å². The molecule has 0 spiro atoms. The molecule has 3 aromatic rings. The second-order valence-corrected chi connectivity index (χ2v) is 7.33. The predicted molar refractivity (Wildman–Crippen MR) is 127 cm³/mol. The highest BCUT2D eigenvalue weighted by Gasteiger charge is 2.22. The summed E-state index contributed by atoms with van der Waals surface area (Å²) in [5, 5.41) is 9.39. The average molecular weight is 426 g/mol. The van der Waals surface area contributed by atoms with Gasteiger partial charge in [0.2, 0.25) is 8.60 Å². The van der Waals surface area contributed by atoms with Crippen molar-refractivity contribution in [3.63, 3.8) is 0 Å². The Morgan fingerprint density at radius 3 is 1.70 bits per heavy atom. The number of hydrogen-bond acceptors (Lipinski definition) is 4. The van der Waals surface area contributed by atoms with Crippen LogP contribution in [-0.2, 0) is 5.41 Å². The number of para-hydroxylation sites is 1. The molecule has 0 saturated carbocycles. The molecule has 0 saturated heterocycles. The number of rotatable bonds is 5. The van der Waals surface area contributed by atoms with Crippen molar-refractivity contribution in [1.29, 1.82) is 0 Å². The number of nitrogens with zero attached hydrogens (tertiary/aromatic N) is 1. The van der Waals surface area contributed by atoms with Crippen LogP contribution in [0.2, 0.25) is 0 Å². The second kappa shape index (κ2) is 13.4. The maximum absolute atomic E-state index is 9.39. The maximum Gasteiger partial charge on any atom is 0.241 e. The van der Waals surface area contributed by atoms with E-state index in [0.29, 0.717) is 8.60 Å². The first-order valence-corrected chi connectivity index (χ1v) is 10.7. The Morgan fingerprint density at radius 2 is 1.27 bits per heavy atom. The monoisotopic (exact) mass is 425 g/mol. The van der Waals surface area contributed by atoms with Crippen molar-refractivity contribution < 1.29 is 14.4 Å². The minimum atomic E-state index is -0.126. The number of aromatic hydroxyl groups is 1. The molecule has 0 radical (unpaired) electrons. The Bertz CT molecular complexity index is 861. The van der Waals surface area contributed by atoms with Crippen LogP contribution in [0.15, 0.2) is 83.6 Å². The third kappa shape index (κ3) is 7.88. The molecule has 0 aliphatic rings. The molecule has 1 N–H and O–H groups in total. The van der Waals surface area contributed by atoms with E-state index in [1.54, 1.807) is 26.3 Å². The van der Waals surface area contributed by atoms with Gasteiger partial charge in [-0.15, -0.1) is 0 Å². The lowest BCUT2D eigenvalue weighted by Gasteiger charge is -2.26. The molecule has 0 bridgehead atoms. The summed E-state index contributed by atoms with van der Waals surface area (Å²) in [7, 11) is 3.98. The first-order chi connectivity index (χ1) is 14.5. The lowest BCUT2D eigenvalue weighted by atomic mass is 9.78. The minimum Gasteiger partial charge on any atom is -0.508 e. The SMILES string of the molecule is CC.CN=POc1ccc(C(C)(C)c2ccc(O)cc2)cc1.COc1ccccc1. The molecule has 4 nitrogen and oxygen atoms in total. The molecule has 0 aromatic heterocycles. The Balaban J connectivity index is 0.000000375. The molecule has 0 aliphatic carbocycles. The van der Waals surface area contributed by atoms with Crippen molar-refractivity contribution in [1.82, 2.24) is 0 Å². The zero-order valence-electron chi connectivity index (χ0n) is 18.7. The zero-order valence-corrected chi connectivity index (χ0v) is 19.6. The number of phenols is 1. The van der Waals surface area contributed by atoms with E-state index in [-0.39, 0.29) is 11.2 Å². The number of methoxy groups -OCH3 is 1. The first kappa shape index (κ1) is 25.2. The highest BCUT2D eigenvalue weighted by atomic mass is 31.1. The molecule has 3 rings (SSSR count). The average Bonchev–Trinajstić information content (AvgIpc) is 2.80. The van der Waals surface area contributed by atoms with Crippen molar-refractivity contribution in [3.8, 4) is 17.2 Å². The van der Waals surface area contributed by atoms with E-state index < -0.39 is 0 Å². The van der Waals surface area contributed by atoms with E-state index in [4.69, 9.17) is 9.26 Å². The molecular formula is C25H32NO3P. The number of hydrogen-bond donors (Lipinski definition) is 1. The van der Waals surface area contributed by atoms with Crippen LogP contribution in [-0.4, -0.2) is 19.3 Å². The summed E-state index contributed by atoms with van der Waals surface area (Å²) in [6, 6.07) is 25.1. The standard InChI is InChI=1S/C16H18NO2P.C7H8O.C2H6/c1-16(2,12-4-8-14(18)9-5-12)13-6-10-15(11-7-13)19-20-17-3;1-8-7-5-3-2-4-6-7;1-2/h4-11,18H,1-3H3;2-6H,1H3;1-2H3. The Hall–Kier alpha value is -2.84. The van der Waals surface area contributed by atoms with E-state index in [0.717, 1.165) is 17.1 Å². The molecule has 30 heavy (non-hydrogen) atoms. The third-order valence-electron chi connectivity index (χ3n) is 4.37. The van der Waals surface area contributed by atoms with E-state index >= 15 is 0 Å². The summed E-state index contributed by atoms with van der Waals surface area (Å²) in [6.45, 7) is 8.32. The molecule has 160 valence electrons. The van der Waals surface area contributed by atoms with E-state index in [1.807, 2.05) is 68.4 Å². The smallest absolute Gasteiger partial charge is 0.241 e. The number of phenolic OH excluding ortho intramolecular Hbond substituents is 1. The molecule has 0 aliphatic heterocycles. The highest BCUT2D eigenvalue weighted by Crippen LogP contribution is 2.33. The number of benzene rings is 3. The van der Waals surface area contributed by atoms with Crippen molar-refractivity contribution >= 4 is 8.60 Å². The van der Waals surface area contributed by atoms with Crippen LogP contribution in [0.5, 0.6) is 17.2 Å². The van der Waals surface area contributed by atoms with Gasteiger partial charge in [-0.2, -0.15) is 0 Å². The summed E-state index contributed by atoms with van der Waals surface area (Å²) < 4.78 is 14.2. The molecule has 0 fully saturated rings. The van der Waals surface area contributed by atoms with Crippen LogP contribution in [0, 0.1) is 0 Å². The Kier molecular flexibility index (Phi) is 11.3. The maximum atomic E-state index is 9.39. The van der Waals surface area contributed by atoms with Crippen LogP contribution < -0.4 is 9.26 Å². The highest BCUT2D eigenvalue weighted by molar-refractivity contribution is 7.21. The number of ether oxygens (including phenoxy) is 1. The van der Waals surface area contributed by atoms with Gasteiger partial charge < -0.3 is 14.4 Å². The normalized spacial score (nSPS) is 10.3. The van der Waals surface area contributed by atoms with Crippen molar-refractivity contribution in [2.45, 2.75) is 33.1 Å². The summed E-state index contributed by atoms with van der Waals surface area (Å²) in [6.07, 6.45) is 0. The molecule has 0 atom stereocenters. The van der Waals surface area contributed by atoms with Gasteiger partial charge in [-0.3, -0.25) is 0 Å². The van der Waals surface area contributed by atoms with Crippen molar-refractivity contribution in [2.24, 2.45) is 4.74 Å². The molecule has 0 amide bonds. The second-order valence-electron chi connectivity index (χ2n) is 6.59. The summed E-state index contributed by atoms with van der Waals surface area (Å²) >= 11 is 0. The largest absolute Gasteiger partial charge is 0.508 e. The van der Waals surface area contributed by atoms with Gasteiger partial charge in [-0.05, 0) is 47.5 Å². The van der Waals surface area contributed by atoms with Gasteiger partial charge in [0.1, 0.15) is 17.2 Å². The van der Waals surface area contributed by atoms with E-state index in [9.17, 15) is 5.11 Å². The molecular weight excluding hydrogens is 393 g/mol. The first-order valence-electron chi connectivity index (χ1n) is 9.92. The fraction of sp³-hybridized carbons (Fsp3) is 0.280. The van der Waals surface area contributed by atoms with Crippen LogP contribution in [0.3, 0.4) is 0 Å². The van der Waals surface area contributed by atoms with Crippen LogP contribution in [0.4, 0.5) is 0 Å². The fourth-order valence-electron chi connectivity index (χ4n) is 2.62. The Labute approximate surface area is 182 Å². The quantitative estimate of drug-likeness (QED) is 0.431. The summed E-state index contributed by atoms with van der Waals surface area (Å²) in [5.41, 5.74) is 2.23. The molecule has 0 unspecified atom stereocenters. The van der Waals surface area contributed by atoms with Crippen LogP contribution in [0.1, 0.15) is 38.8 Å². The molecule has 0 heterocycles. The summed E-state index contributed by atoms with van der Waals surface area (Å²) in [4.78, 5) is 0. The third-order valence-corrected chi connectivity index (χ3v) is 4.83. The predicted octanol–water partition coefficient (Wildman–Crippen LogP) is 7.49. The fourth-order valence-corrected chi connectivity index (χ4v) is 2.92. The van der Waals surface area contributed by atoms with Gasteiger partial charge in [-0.25, -0.2) is 4.74 Å². The van der Waals surface area contributed by atoms with Crippen molar-refractivity contribution in [3.05, 3.63) is 90.0 Å². The van der Waals surface area contributed by atoms with E-state index in [1.165, 1.54) is 5.56 Å². The lowest BCUT2D eigenvalue weighted by Crippen LogP contribution is -2.18. The van der Waals surface area contributed by atoms with Gasteiger partial charge in [-0.1, -0.05) is 70.2 Å². The minimum absolute atomic E-state index is 0.126. The van der Waals surface area contributed by atoms with Gasteiger partial charge >= 0.3 is 0 Å². The molecule has 5 heteroatoms. The Morgan fingerprint density at radius 1 is 0.767 bits per heavy atom. The van der Waals surface area contributed by atoms with Gasteiger partial charge in [0, 0.05) is 12.5 Å².